The summed E-state index contributed by atoms with van der Waals surface area (Å²) in [6, 6.07) is 14.2. The number of hydrogen-bond donors (Lipinski definition) is 4. The Balaban J connectivity index is 2.16. The lowest BCUT2D eigenvalue weighted by atomic mass is 9.96. The number of aliphatic hydroxyl groups is 1. The van der Waals surface area contributed by atoms with Gasteiger partial charge in [-0.25, -0.2) is 10.3 Å². The van der Waals surface area contributed by atoms with E-state index in [4.69, 9.17) is 19.8 Å². The topological polar surface area (TPSA) is 117 Å². The first-order valence-corrected chi connectivity index (χ1v) is 10.8. The fraction of sp³-hybridized carbons (Fsp3) is 0.273. The summed E-state index contributed by atoms with van der Waals surface area (Å²) in [6.07, 6.45) is 3.31. The Morgan fingerprint density at radius 1 is 1.13 bits per heavy atom. The van der Waals surface area contributed by atoms with Gasteiger partial charge < -0.3 is 14.6 Å². The van der Waals surface area contributed by atoms with Gasteiger partial charge >= 0.3 is 6.09 Å². The molecule has 0 aliphatic heterocycles. The number of thioether (sulfide) groups is 1. The van der Waals surface area contributed by atoms with E-state index in [1.807, 2.05) is 18.4 Å². The van der Waals surface area contributed by atoms with Crippen LogP contribution in [0.25, 0.3) is 0 Å². The zero-order valence-corrected chi connectivity index (χ0v) is 18.1. The molecule has 0 saturated heterocycles. The molecule has 0 aliphatic carbocycles. The molecule has 0 bridgehead atoms. The molecule has 0 aliphatic rings. The second-order valence-electron chi connectivity index (χ2n) is 6.51. The molecule has 31 heavy (non-hydrogen) atoms. The van der Waals surface area contributed by atoms with Crippen molar-refractivity contribution in [1.82, 2.24) is 5.48 Å². The van der Waals surface area contributed by atoms with Gasteiger partial charge in [-0.05, 0) is 48.2 Å². The number of carbonyl (C=O) groups is 2. The average Bonchev–Trinajstić information content (AvgIpc) is 2.80. The van der Waals surface area contributed by atoms with Crippen molar-refractivity contribution in [3.05, 3.63) is 66.2 Å². The number of aliphatic hydroxyl groups excluding tert-OH is 1. The molecule has 9 heteroatoms. The lowest BCUT2D eigenvalue weighted by Crippen LogP contribution is -2.22. The van der Waals surface area contributed by atoms with Gasteiger partial charge in [0.1, 0.15) is 18.5 Å². The van der Waals surface area contributed by atoms with E-state index < -0.39 is 18.1 Å². The number of nitrogens with one attached hydrogen (secondary N) is 2. The van der Waals surface area contributed by atoms with Gasteiger partial charge in [0.2, 0.25) is 0 Å². The number of hydroxylamine groups is 1. The van der Waals surface area contributed by atoms with Crippen LogP contribution in [0.15, 0.2) is 65.6 Å². The van der Waals surface area contributed by atoms with E-state index in [0.29, 0.717) is 17.0 Å². The van der Waals surface area contributed by atoms with Crippen molar-refractivity contribution in [2.45, 2.75) is 17.9 Å². The fourth-order valence-electron chi connectivity index (χ4n) is 2.71. The smallest absolute Gasteiger partial charge is 0.412 e. The molecule has 8 nitrogen and oxygen atoms in total. The van der Waals surface area contributed by atoms with Crippen LogP contribution in [0.4, 0.5) is 10.5 Å². The molecular formula is C22H26N2O6S. The van der Waals surface area contributed by atoms with E-state index in [0.717, 1.165) is 4.90 Å². The molecule has 0 aromatic heterocycles. The van der Waals surface area contributed by atoms with E-state index in [1.54, 1.807) is 55.1 Å². The minimum absolute atomic E-state index is 0.0969. The zero-order chi connectivity index (χ0) is 22.6. The SMILES string of the molecule is CSc1ccc(NC(=O)O[C@H](c2ccc(OCCO)cc2)[C@H](C)/C=C/C(=O)NO)cc1. The number of hydrogen-bond acceptors (Lipinski definition) is 7. The molecule has 0 spiro atoms. The Morgan fingerprint density at radius 3 is 2.39 bits per heavy atom. The lowest BCUT2D eigenvalue weighted by molar-refractivity contribution is -0.124. The maximum absolute atomic E-state index is 12.5. The molecule has 166 valence electrons. The summed E-state index contributed by atoms with van der Waals surface area (Å²) in [7, 11) is 0. The van der Waals surface area contributed by atoms with Crippen molar-refractivity contribution >= 4 is 29.4 Å². The summed E-state index contributed by atoms with van der Waals surface area (Å²) in [5.41, 5.74) is 2.80. The quantitative estimate of drug-likeness (QED) is 0.190. The number of amides is 2. The van der Waals surface area contributed by atoms with Gasteiger partial charge in [0.05, 0.1) is 6.61 Å². The van der Waals surface area contributed by atoms with Crippen molar-refractivity contribution < 1.29 is 29.4 Å². The van der Waals surface area contributed by atoms with Crippen molar-refractivity contribution in [2.24, 2.45) is 5.92 Å². The molecule has 2 rings (SSSR count). The number of ether oxygens (including phenoxy) is 2. The Labute approximate surface area is 185 Å². The third-order valence-electron chi connectivity index (χ3n) is 4.28. The standard InChI is InChI=1S/C22H26N2O6S/c1-15(3-12-20(26)24-28)21(16-4-8-18(9-5-16)29-14-13-25)30-22(27)23-17-6-10-19(31-2)11-7-17/h3-12,15,21,25,28H,13-14H2,1-2H3,(H,23,27)(H,24,26)/b12-3+/t15-,21+/m1/s1. The van der Waals surface area contributed by atoms with Gasteiger partial charge in [-0.2, -0.15) is 0 Å². The van der Waals surface area contributed by atoms with Gasteiger partial charge in [0.25, 0.3) is 5.91 Å². The molecule has 0 heterocycles. The highest BCUT2D eigenvalue weighted by atomic mass is 32.2. The Hall–Kier alpha value is -3.01. The van der Waals surface area contributed by atoms with Crippen molar-refractivity contribution in [3.8, 4) is 5.75 Å². The predicted molar refractivity (Wildman–Crippen MR) is 118 cm³/mol. The monoisotopic (exact) mass is 446 g/mol. The van der Waals surface area contributed by atoms with E-state index in [-0.39, 0.29) is 19.1 Å². The number of carbonyl (C=O) groups excluding carboxylic acids is 2. The largest absolute Gasteiger partial charge is 0.491 e. The second kappa shape index (κ2) is 12.6. The van der Waals surface area contributed by atoms with Crippen LogP contribution in [0.3, 0.4) is 0 Å². The van der Waals surface area contributed by atoms with E-state index in [2.05, 4.69) is 5.32 Å². The first kappa shape index (κ1) is 24.3. The van der Waals surface area contributed by atoms with Crippen LogP contribution in [0, 0.1) is 5.92 Å². The molecule has 4 N–H and O–H groups in total. The molecule has 2 aromatic rings. The molecule has 0 fully saturated rings. The summed E-state index contributed by atoms with van der Waals surface area (Å²) < 4.78 is 11.0. The van der Waals surface area contributed by atoms with Crippen LogP contribution < -0.4 is 15.5 Å². The minimum atomic E-state index is -0.708. The third-order valence-corrected chi connectivity index (χ3v) is 5.02. The molecule has 2 atom stereocenters. The first-order chi connectivity index (χ1) is 15.0. The highest BCUT2D eigenvalue weighted by Crippen LogP contribution is 2.29. The fourth-order valence-corrected chi connectivity index (χ4v) is 3.12. The van der Waals surface area contributed by atoms with Gasteiger partial charge in [-0.15, -0.1) is 11.8 Å². The molecule has 2 aromatic carbocycles. The van der Waals surface area contributed by atoms with Crippen LogP contribution >= 0.6 is 11.8 Å². The first-order valence-electron chi connectivity index (χ1n) is 9.54. The average molecular weight is 447 g/mol. The van der Waals surface area contributed by atoms with Crippen LogP contribution in [0.1, 0.15) is 18.6 Å². The Kier molecular flexibility index (Phi) is 9.89. The minimum Gasteiger partial charge on any atom is -0.491 e. The molecule has 0 radical (unpaired) electrons. The Morgan fingerprint density at radius 2 is 1.81 bits per heavy atom. The number of rotatable bonds is 10. The van der Waals surface area contributed by atoms with E-state index >= 15 is 0 Å². The number of benzene rings is 2. The summed E-state index contributed by atoms with van der Waals surface area (Å²) >= 11 is 1.60. The highest BCUT2D eigenvalue weighted by molar-refractivity contribution is 7.98. The Bertz CT molecular complexity index is 871. The van der Waals surface area contributed by atoms with Crippen LogP contribution in [-0.2, 0) is 9.53 Å². The van der Waals surface area contributed by atoms with E-state index in [1.165, 1.54) is 17.6 Å². The van der Waals surface area contributed by atoms with Crippen molar-refractivity contribution in [1.29, 1.82) is 0 Å². The number of anilines is 1. The van der Waals surface area contributed by atoms with Crippen LogP contribution in [-0.4, -0.2) is 41.8 Å². The van der Waals surface area contributed by atoms with Crippen LogP contribution in [0.2, 0.25) is 0 Å². The summed E-state index contributed by atoms with van der Waals surface area (Å²) in [6.45, 7) is 1.86. The normalized spacial score (nSPS) is 12.8. The van der Waals surface area contributed by atoms with Gasteiger partial charge in [-0.3, -0.25) is 15.3 Å². The van der Waals surface area contributed by atoms with E-state index in [9.17, 15) is 9.59 Å². The van der Waals surface area contributed by atoms with Crippen LogP contribution in [0.5, 0.6) is 5.75 Å². The van der Waals surface area contributed by atoms with Crippen molar-refractivity contribution in [3.63, 3.8) is 0 Å². The maximum atomic E-state index is 12.5. The summed E-state index contributed by atoms with van der Waals surface area (Å²) in [4.78, 5) is 24.9. The zero-order valence-electron chi connectivity index (χ0n) is 17.3. The lowest BCUT2D eigenvalue weighted by Gasteiger charge is -2.23. The van der Waals surface area contributed by atoms with Gasteiger partial charge in [0.15, 0.2) is 0 Å². The highest BCUT2D eigenvalue weighted by Gasteiger charge is 2.22. The molecule has 2 amide bonds. The summed E-state index contributed by atoms with van der Waals surface area (Å²) in [5.74, 6) is -0.499. The molecule has 0 saturated carbocycles. The van der Waals surface area contributed by atoms with Crippen molar-refractivity contribution in [2.75, 3.05) is 24.8 Å². The van der Waals surface area contributed by atoms with Gasteiger partial charge in [0, 0.05) is 22.6 Å². The third kappa shape index (κ3) is 7.97. The second-order valence-corrected chi connectivity index (χ2v) is 7.39. The summed E-state index contributed by atoms with van der Waals surface area (Å²) in [5, 5.41) is 20.2. The molecule has 0 unspecified atom stereocenters. The predicted octanol–water partition coefficient (Wildman–Crippen LogP) is 3.77. The van der Waals surface area contributed by atoms with Gasteiger partial charge in [-0.1, -0.05) is 25.1 Å². The maximum Gasteiger partial charge on any atom is 0.412 e. The molecular weight excluding hydrogens is 420 g/mol.